The van der Waals surface area contributed by atoms with Crippen LogP contribution in [0.25, 0.3) is 44.2 Å². The van der Waals surface area contributed by atoms with Crippen molar-refractivity contribution in [2.45, 2.75) is 0 Å². The van der Waals surface area contributed by atoms with Gasteiger partial charge in [-0.3, -0.25) is 0 Å². The van der Waals surface area contributed by atoms with E-state index in [2.05, 4.69) is 151 Å². The summed E-state index contributed by atoms with van der Waals surface area (Å²) in [6.07, 6.45) is 0. The van der Waals surface area contributed by atoms with Crippen LogP contribution in [-0.2, 0) is 0 Å². The predicted molar refractivity (Wildman–Crippen MR) is 150 cm³/mol. The first kappa shape index (κ1) is 20.9. The fourth-order valence-corrected chi connectivity index (χ4v) is 4.78. The van der Waals surface area contributed by atoms with Crippen molar-refractivity contribution in [3.8, 4) is 33.4 Å². The Morgan fingerprint density at radius 1 is 0.343 bits per heavy atom. The van der Waals surface area contributed by atoms with Gasteiger partial charge in [-0.05, 0) is 56.8 Å². The van der Waals surface area contributed by atoms with Crippen LogP contribution in [0, 0.1) is 0 Å². The molecule has 0 heterocycles. The molecule has 0 saturated heterocycles. The lowest BCUT2D eigenvalue weighted by Gasteiger charge is -2.15. The smallest absolute Gasteiger partial charge is 0.0464 e. The van der Waals surface area contributed by atoms with Gasteiger partial charge in [0.05, 0.1) is 0 Å². The Morgan fingerprint density at radius 2 is 0.886 bits per heavy atom. The average molecular weight is 448 g/mol. The van der Waals surface area contributed by atoms with Crippen LogP contribution >= 0.6 is 0 Å². The summed E-state index contributed by atoms with van der Waals surface area (Å²) in [6.45, 7) is 0. The highest BCUT2D eigenvalue weighted by atomic mass is 14.9. The van der Waals surface area contributed by atoms with Crippen molar-refractivity contribution in [2.24, 2.45) is 0 Å². The fraction of sp³-hybridized carbons (Fsp3) is 0. The molecule has 35 heavy (non-hydrogen) atoms. The molecule has 6 rings (SSSR count). The zero-order valence-corrected chi connectivity index (χ0v) is 19.4. The van der Waals surface area contributed by atoms with E-state index in [4.69, 9.17) is 0 Å². The molecule has 166 valence electrons. The Labute approximate surface area is 206 Å². The van der Waals surface area contributed by atoms with Crippen LogP contribution in [0.2, 0.25) is 0 Å². The van der Waals surface area contributed by atoms with Crippen molar-refractivity contribution < 1.29 is 0 Å². The molecule has 0 aromatic heterocycles. The summed E-state index contributed by atoms with van der Waals surface area (Å²) in [5.74, 6) is 0. The third-order valence-electron chi connectivity index (χ3n) is 6.49. The Balaban J connectivity index is 1.34. The molecule has 0 radical (unpaired) electrons. The third kappa shape index (κ3) is 4.20. The molecular formula is C34H25N. The molecule has 1 nitrogen and oxygen atoms in total. The predicted octanol–water partition coefficient (Wildman–Crippen LogP) is 9.58. The molecule has 1 heteroatoms. The van der Waals surface area contributed by atoms with Crippen LogP contribution in [0.4, 0.5) is 11.4 Å². The number of anilines is 2. The molecule has 0 saturated carbocycles. The highest BCUT2D eigenvalue weighted by Gasteiger charge is 2.10. The van der Waals surface area contributed by atoms with Crippen molar-refractivity contribution in [3.63, 3.8) is 0 Å². The molecule has 0 atom stereocenters. The number of hydrogen-bond donors (Lipinski definition) is 1. The number of fused-ring (bicyclic) bond motifs is 1. The van der Waals surface area contributed by atoms with Gasteiger partial charge in [0.2, 0.25) is 0 Å². The molecule has 0 fully saturated rings. The second-order valence-electron chi connectivity index (χ2n) is 8.69. The van der Waals surface area contributed by atoms with Crippen LogP contribution < -0.4 is 5.32 Å². The lowest BCUT2D eigenvalue weighted by atomic mass is 9.94. The first-order valence-corrected chi connectivity index (χ1v) is 12.0. The van der Waals surface area contributed by atoms with Crippen molar-refractivity contribution in [1.29, 1.82) is 0 Å². The first-order valence-electron chi connectivity index (χ1n) is 12.0. The monoisotopic (exact) mass is 447 g/mol. The minimum atomic E-state index is 1.07. The van der Waals surface area contributed by atoms with Gasteiger partial charge in [0.15, 0.2) is 0 Å². The molecule has 6 aromatic rings. The largest absolute Gasteiger partial charge is 0.355 e. The van der Waals surface area contributed by atoms with E-state index >= 15 is 0 Å². The Bertz CT molecular complexity index is 1590. The van der Waals surface area contributed by atoms with Crippen LogP contribution in [0.5, 0.6) is 0 Å². The molecule has 0 unspecified atom stereocenters. The van der Waals surface area contributed by atoms with E-state index in [0.29, 0.717) is 0 Å². The van der Waals surface area contributed by atoms with E-state index in [-0.39, 0.29) is 0 Å². The summed E-state index contributed by atoms with van der Waals surface area (Å²) in [4.78, 5) is 0. The van der Waals surface area contributed by atoms with E-state index < -0.39 is 0 Å². The quantitative estimate of drug-likeness (QED) is 0.277. The van der Waals surface area contributed by atoms with Gasteiger partial charge in [-0.1, -0.05) is 127 Å². The van der Waals surface area contributed by atoms with Gasteiger partial charge in [-0.25, -0.2) is 0 Å². The van der Waals surface area contributed by atoms with Gasteiger partial charge in [0.25, 0.3) is 0 Å². The molecule has 0 aliphatic carbocycles. The second-order valence-corrected chi connectivity index (χ2v) is 8.69. The van der Waals surface area contributed by atoms with Crippen LogP contribution in [-0.4, -0.2) is 0 Å². The first-order chi connectivity index (χ1) is 17.4. The molecule has 0 bridgehead atoms. The van der Waals surface area contributed by atoms with Gasteiger partial charge in [-0.2, -0.15) is 0 Å². The molecule has 6 aromatic carbocycles. The molecule has 0 aliphatic rings. The van der Waals surface area contributed by atoms with E-state index in [1.54, 1.807) is 0 Å². The molecular weight excluding hydrogens is 422 g/mol. The zero-order valence-electron chi connectivity index (χ0n) is 19.4. The fourth-order valence-electron chi connectivity index (χ4n) is 4.78. The van der Waals surface area contributed by atoms with Crippen molar-refractivity contribution in [3.05, 3.63) is 146 Å². The molecule has 0 spiro atoms. The minimum absolute atomic E-state index is 1.07. The van der Waals surface area contributed by atoms with Crippen LogP contribution in [0.3, 0.4) is 0 Å². The van der Waals surface area contributed by atoms with Crippen LogP contribution in [0.15, 0.2) is 146 Å². The number of hydrogen-bond acceptors (Lipinski definition) is 1. The number of rotatable bonds is 5. The number of nitrogens with one attached hydrogen (secondary N) is 1. The molecule has 0 aliphatic heterocycles. The highest BCUT2D eigenvalue weighted by molar-refractivity contribution is 6.00. The molecule has 1 N–H and O–H groups in total. The maximum Gasteiger partial charge on any atom is 0.0464 e. The van der Waals surface area contributed by atoms with Gasteiger partial charge < -0.3 is 5.32 Å². The maximum atomic E-state index is 3.66. The summed E-state index contributed by atoms with van der Waals surface area (Å²) < 4.78 is 0. The van der Waals surface area contributed by atoms with Gasteiger partial charge in [0.1, 0.15) is 0 Å². The van der Waals surface area contributed by atoms with E-state index in [1.165, 1.54) is 44.2 Å². The minimum Gasteiger partial charge on any atom is -0.355 e. The normalized spacial score (nSPS) is 10.9. The second kappa shape index (κ2) is 9.32. The number of para-hydroxylation sites is 1. The van der Waals surface area contributed by atoms with E-state index in [9.17, 15) is 0 Å². The number of benzene rings is 6. The highest BCUT2D eigenvalue weighted by Crippen LogP contribution is 2.36. The third-order valence-corrected chi connectivity index (χ3v) is 6.49. The standard InChI is InChI=1S/C34H25N/c1-2-11-25(12-3-1)29-15-6-7-16-30(29)27-21-23-28(24-22-27)35-34-20-9-8-18-33(34)32-19-10-14-26-13-4-5-17-31(26)32/h1-24,35H. The summed E-state index contributed by atoms with van der Waals surface area (Å²) in [5.41, 5.74) is 9.52. The maximum absolute atomic E-state index is 3.66. The zero-order chi connectivity index (χ0) is 23.5. The lowest BCUT2D eigenvalue weighted by molar-refractivity contribution is 1.53. The van der Waals surface area contributed by atoms with E-state index in [1.807, 2.05) is 0 Å². The molecule has 0 amide bonds. The van der Waals surface area contributed by atoms with Crippen molar-refractivity contribution >= 4 is 22.1 Å². The topological polar surface area (TPSA) is 12.0 Å². The Hall–Kier alpha value is -4.62. The summed E-state index contributed by atoms with van der Waals surface area (Å²) in [6, 6.07) is 51.5. The summed E-state index contributed by atoms with van der Waals surface area (Å²) in [5, 5.41) is 6.17. The summed E-state index contributed by atoms with van der Waals surface area (Å²) in [7, 11) is 0. The van der Waals surface area contributed by atoms with Crippen LogP contribution in [0.1, 0.15) is 0 Å². The average Bonchev–Trinajstić information content (AvgIpc) is 2.94. The lowest BCUT2D eigenvalue weighted by Crippen LogP contribution is -1.94. The van der Waals surface area contributed by atoms with Crippen molar-refractivity contribution in [2.75, 3.05) is 5.32 Å². The Kier molecular flexibility index (Phi) is 5.58. The summed E-state index contributed by atoms with van der Waals surface area (Å²) >= 11 is 0. The van der Waals surface area contributed by atoms with Gasteiger partial charge >= 0.3 is 0 Å². The SMILES string of the molecule is c1ccc(-c2ccccc2-c2ccc(Nc3ccccc3-c3cccc4ccccc34)cc2)cc1. The Morgan fingerprint density at radius 3 is 1.66 bits per heavy atom. The van der Waals surface area contributed by atoms with Crippen molar-refractivity contribution in [1.82, 2.24) is 0 Å². The van der Waals surface area contributed by atoms with Gasteiger partial charge in [0, 0.05) is 16.9 Å². The van der Waals surface area contributed by atoms with E-state index in [0.717, 1.165) is 11.4 Å². The van der Waals surface area contributed by atoms with Gasteiger partial charge in [-0.15, -0.1) is 0 Å².